The summed E-state index contributed by atoms with van der Waals surface area (Å²) in [7, 11) is -3.29. The maximum Gasteiger partial charge on any atom is 0.233 e. The minimum absolute atomic E-state index is 0.0221. The number of anilines is 2. The fraction of sp³-hybridized carbons (Fsp3) is 0.267. The van der Waals surface area contributed by atoms with Crippen LogP contribution in [0.15, 0.2) is 42.6 Å². The number of pyridine rings is 1. The molecule has 1 aromatic carbocycles. The molecule has 1 aromatic heterocycles. The molecular weight excluding hydrogens is 322 g/mol. The number of nitrogens with zero attached hydrogens (tertiary/aromatic N) is 1. The van der Waals surface area contributed by atoms with Crippen molar-refractivity contribution in [3.63, 3.8) is 0 Å². The molecule has 0 aliphatic heterocycles. The first kappa shape index (κ1) is 16.6. The summed E-state index contributed by atoms with van der Waals surface area (Å²) in [6.45, 7) is 2.32. The predicted molar refractivity (Wildman–Crippen MR) is 91.0 cm³/mol. The van der Waals surface area contributed by atoms with E-state index in [1.54, 1.807) is 25.3 Å². The fourth-order valence-corrected chi connectivity index (χ4v) is 2.63. The third kappa shape index (κ3) is 5.20. The van der Waals surface area contributed by atoms with E-state index < -0.39 is 10.0 Å². The van der Waals surface area contributed by atoms with E-state index in [1.807, 2.05) is 24.3 Å². The van der Waals surface area contributed by atoms with Gasteiger partial charge in [-0.25, -0.2) is 13.4 Å². The van der Waals surface area contributed by atoms with Crippen LogP contribution in [0.4, 0.5) is 11.5 Å². The standard InChI is InChI=1S/C15H18ClN3O2S/c1-2-22(20,21)19-15-7-6-14(11-18-15)17-9-8-12-4-3-5-13(16)10-12/h3-7,10-11,17H,2,8-9H2,1H3,(H,18,19). The summed E-state index contributed by atoms with van der Waals surface area (Å²) in [5.74, 6) is 0.344. The lowest BCUT2D eigenvalue weighted by Gasteiger charge is -2.08. The number of nitrogens with one attached hydrogen (secondary N) is 2. The fourth-order valence-electron chi connectivity index (χ4n) is 1.83. The maximum atomic E-state index is 11.4. The summed E-state index contributed by atoms with van der Waals surface area (Å²) in [5.41, 5.74) is 1.99. The quantitative estimate of drug-likeness (QED) is 0.813. The molecule has 2 rings (SSSR count). The van der Waals surface area contributed by atoms with Gasteiger partial charge in [0.1, 0.15) is 5.82 Å². The zero-order chi connectivity index (χ0) is 16.0. The third-order valence-electron chi connectivity index (χ3n) is 3.04. The highest BCUT2D eigenvalue weighted by Gasteiger charge is 2.07. The average Bonchev–Trinajstić information content (AvgIpc) is 2.49. The van der Waals surface area contributed by atoms with E-state index in [1.165, 1.54) is 0 Å². The van der Waals surface area contributed by atoms with Crippen LogP contribution in [0.1, 0.15) is 12.5 Å². The van der Waals surface area contributed by atoms with Crippen molar-refractivity contribution < 1.29 is 8.42 Å². The van der Waals surface area contributed by atoms with E-state index in [-0.39, 0.29) is 5.75 Å². The van der Waals surface area contributed by atoms with Gasteiger partial charge in [0.2, 0.25) is 10.0 Å². The molecule has 0 aliphatic rings. The molecule has 1 heterocycles. The molecule has 118 valence electrons. The molecule has 0 atom stereocenters. The van der Waals surface area contributed by atoms with Gasteiger partial charge in [0, 0.05) is 11.6 Å². The number of sulfonamides is 1. The van der Waals surface area contributed by atoms with Gasteiger partial charge in [-0.2, -0.15) is 0 Å². The lowest BCUT2D eigenvalue weighted by molar-refractivity contribution is 0.602. The second-order valence-corrected chi connectivity index (χ2v) is 7.19. The number of hydrogen-bond acceptors (Lipinski definition) is 4. The number of halogens is 1. The predicted octanol–water partition coefficient (Wildman–Crippen LogP) is 3.15. The lowest BCUT2D eigenvalue weighted by atomic mass is 10.1. The van der Waals surface area contributed by atoms with Crippen molar-refractivity contribution in [3.8, 4) is 0 Å². The van der Waals surface area contributed by atoms with Gasteiger partial charge < -0.3 is 5.32 Å². The monoisotopic (exact) mass is 339 g/mol. The molecule has 0 unspecified atom stereocenters. The smallest absolute Gasteiger partial charge is 0.233 e. The second-order valence-electron chi connectivity index (χ2n) is 4.74. The van der Waals surface area contributed by atoms with Crippen molar-refractivity contribution in [2.75, 3.05) is 22.3 Å². The molecule has 22 heavy (non-hydrogen) atoms. The largest absolute Gasteiger partial charge is 0.383 e. The molecule has 2 N–H and O–H groups in total. The Kier molecular flexibility index (Phi) is 5.63. The lowest BCUT2D eigenvalue weighted by Crippen LogP contribution is -2.15. The van der Waals surface area contributed by atoms with Crippen molar-refractivity contribution in [2.45, 2.75) is 13.3 Å². The SMILES string of the molecule is CCS(=O)(=O)Nc1ccc(NCCc2cccc(Cl)c2)cn1. The molecule has 7 heteroatoms. The molecule has 0 spiro atoms. The van der Waals surface area contributed by atoms with Crippen molar-refractivity contribution in [2.24, 2.45) is 0 Å². The summed E-state index contributed by atoms with van der Waals surface area (Å²) in [5, 5.41) is 3.96. The van der Waals surface area contributed by atoms with Crippen molar-refractivity contribution in [1.29, 1.82) is 0 Å². The molecule has 0 amide bonds. The van der Waals surface area contributed by atoms with Crippen molar-refractivity contribution >= 4 is 33.1 Å². The molecule has 0 saturated carbocycles. The summed E-state index contributed by atoms with van der Waals surface area (Å²) >= 11 is 5.94. The van der Waals surface area contributed by atoms with Gasteiger partial charge in [0.25, 0.3) is 0 Å². The number of benzene rings is 1. The Morgan fingerprint density at radius 2 is 2.05 bits per heavy atom. The van der Waals surface area contributed by atoms with E-state index in [4.69, 9.17) is 11.6 Å². The Balaban J connectivity index is 1.86. The molecule has 0 bridgehead atoms. The van der Waals surface area contributed by atoms with Gasteiger partial charge in [-0.15, -0.1) is 0 Å². The molecular formula is C15H18ClN3O2S. The Morgan fingerprint density at radius 1 is 1.23 bits per heavy atom. The van der Waals surface area contributed by atoms with Crippen LogP contribution in [0.25, 0.3) is 0 Å². The molecule has 0 fully saturated rings. The van der Waals surface area contributed by atoms with Gasteiger partial charge >= 0.3 is 0 Å². The third-order valence-corrected chi connectivity index (χ3v) is 4.55. The van der Waals surface area contributed by atoms with E-state index in [0.29, 0.717) is 5.82 Å². The summed E-state index contributed by atoms with van der Waals surface area (Å²) in [6, 6.07) is 11.2. The summed E-state index contributed by atoms with van der Waals surface area (Å²) < 4.78 is 25.3. The van der Waals surface area contributed by atoms with Crippen molar-refractivity contribution in [1.82, 2.24) is 4.98 Å². The van der Waals surface area contributed by atoms with E-state index in [2.05, 4.69) is 15.0 Å². The van der Waals surface area contributed by atoms with Crippen LogP contribution in [0.3, 0.4) is 0 Å². The molecule has 0 radical (unpaired) electrons. The molecule has 0 saturated heterocycles. The van der Waals surface area contributed by atoms with E-state index in [9.17, 15) is 8.42 Å². The van der Waals surface area contributed by atoms with Crippen LogP contribution in [0, 0.1) is 0 Å². The summed E-state index contributed by atoms with van der Waals surface area (Å²) in [6.07, 6.45) is 2.44. The highest BCUT2D eigenvalue weighted by molar-refractivity contribution is 7.92. The Labute approximate surface area is 135 Å². The first-order valence-corrected chi connectivity index (χ1v) is 8.96. The van der Waals surface area contributed by atoms with E-state index >= 15 is 0 Å². The van der Waals surface area contributed by atoms with Crippen LogP contribution in [0.2, 0.25) is 5.02 Å². The Hall–Kier alpha value is -1.79. The maximum absolute atomic E-state index is 11.4. The number of hydrogen-bond donors (Lipinski definition) is 2. The van der Waals surface area contributed by atoms with Crippen LogP contribution in [-0.2, 0) is 16.4 Å². The average molecular weight is 340 g/mol. The van der Waals surface area contributed by atoms with Crippen molar-refractivity contribution in [3.05, 3.63) is 53.2 Å². The molecule has 2 aromatic rings. The van der Waals surface area contributed by atoms with Gasteiger partial charge in [-0.05, 0) is 43.2 Å². The van der Waals surface area contributed by atoms with Gasteiger partial charge in [0.05, 0.1) is 17.6 Å². The zero-order valence-electron chi connectivity index (χ0n) is 12.2. The second kappa shape index (κ2) is 7.47. The highest BCUT2D eigenvalue weighted by Crippen LogP contribution is 2.13. The first-order chi connectivity index (χ1) is 10.5. The van der Waals surface area contributed by atoms with Crippen LogP contribution in [0.5, 0.6) is 0 Å². The highest BCUT2D eigenvalue weighted by atomic mass is 35.5. The topological polar surface area (TPSA) is 71.1 Å². The van der Waals surface area contributed by atoms with Crippen LogP contribution in [-0.4, -0.2) is 25.7 Å². The minimum Gasteiger partial charge on any atom is -0.383 e. The molecule has 0 aliphatic carbocycles. The summed E-state index contributed by atoms with van der Waals surface area (Å²) in [4.78, 5) is 4.08. The van der Waals surface area contributed by atoms with Crippen LogP contribution < -0.4 is 10.0 Å². The van der Waals surface area contributed by atoms with Crippen LogP contribution >= 0.6 is 11.6 Å². The number of rotatable bonds is 7. The number of aromatic nitrogens is 1. The normalized spacial score (nSPS) is 11.2. The van der Waals surface area contributed by atoms with E-state index in [0.717, 1.165) is 29.2 Å². The minimum atomic E-state index is -3.29. The van der Waals surface area contributed by atoms with Gasteiger partial charge in [-0.1, -0.05) is 23.7 Å². The zero-order valence-corrected chi connectivity index (χ0v) is 13.8. The Bertz CT molecular complexity index is 718. The molecule has 5 nitrogen and oxygen atoms in total. The first-order valence-electron chi connectivity index (χ1n) is 6.93. The van der Waals surface area contributed by atoms with Gasteiger partial charge in [-0.3, -0.25) is 4.72 Å². The van der Waals surface area contributed by atoms with Gasteiger partial charge in [0.15, 0.2) is 0 Å². The Morgan fingerprint density at radius 3 is 2.68 bits per heavy atom.